The van der Waals surface area contributed by atoms with Crippen molar-refractivity contribution < 1.29 is 14.3 Å². The summed E-state index contributed by atoms with van der Waals surface area (Å²) >= 11 is 0. The normalized spacial score (nSPS) is 16.6. The van der Waals surface area contributed by atoms with Crippen molar-refractivity contribution in [2.24, 2.45) is 5.92 Å². The zero-order valence-electron chi connectivity index (χ0n) is 13.6. The van der Waals surface area contributed by atoms with Crippen molar-refractivity contribution in [2.45, 2.75) is 6.42 Å². The van der Waals surface area contributed by atoms with Crippen LogP contribution in [0, 0.1) is 5.92 Å². The molecule has 1 aromatic heterocycles. The van der Waals surface area contributed by atoms with Crippen LogP contribution in [0.3, 0.4) is 0 Å². The summed E-state index contributed by atoms with van der Waals surface area (Å²) in [6, 6.07) is 11.0. The molecule has 2 aromatic rings. The molecule has 3 rings (SSSR count). The molecule has 6 heteroatoms. The molecule has 1 amide bonds. The van der Waals surface area contributed by atoms with E-state index in [1.165, 1.54) is 0 Å². The Morgan fingerprint density at radius 3 is 3.00 bits per heavy atom. The monoisotopic (exact) mass is 327 g/mol. The van der Waals surface area contributed by atoms with Gasteiger partial charge in [0.2, 0.25) is 0 Å². The Balaban J connectivity index is 1.73. The first-order chi connectivity index (χ1) is 11.8. The van der Waals surface area contributed by atoms with E-state index >= 15 is 0 Å². The molecule has 6 nitrogen and oxygen atoms in total. The minimum atomic E-state index is -0.146. The van der Waals surface area contributed by atoms with Gasteiger partial charge in [0.15, 0.2) is 0 Å². The van der Waals surface area contributed by atoms with Crippen molar-refractivity contribution in [3.8, 4) is 5.75 Å². The first-order valence-corrected chi connectivity index (χ1v) is 7.99. The van der Waals surface area contributed by atoms with Gasteiger partial charge in [-0.2, -0.15) is 0 Å². The Morgan fingerprint density at radius 1 is 1.33 bits per heavy atom. The van der Waals surface area contributed by atoms with Gasteiger partial charge in [0, 0.05) is 25.3 Å². The number of rotatable bonds is 6. The number of carbonyl (C=O) groups is 1. The Kier molecular flexibility index (Phi) is 5.28. The number of amides is 1. The van der Waals surface area contributed by atoms with Crippen molar-refractivity contribution in [3.05, 3.63) is 48.2 Å². The van der Waals surface area contributed by atoms with E-state index in [1.54, 1.807) is 25.4 Å². The predicted molar refractivity (Wildman–Crippen MR) is 91.8 cm³/mol. The number of ether oxygens (including phenoxy) is 2. The number of anilines is 2. The van der Waals surface area contributed by atoms with Crippen LogP contribution in [0.4, 0.5) is 11.5 Å². The Bertz CT molecular complexity index is 699. The van der Waals surface area contributed by atoms with Crippen molar-refractivity contribution in [1.29, 1.82) is 0 Å². The van der Waals surface area contributed by atoms with Crippen LogP contribution >= 0.6 is 0 Å². The number of hydrogen-bond acceptors (Lipinski definition) is 5. The van der Waals surface area contributed by atoms with E-state index in [4.69, 9.17) is 9.47 Å². The van der Waals surface area contributed by atoms with Crippen molar-refractivity contribution >= 4 is 17.4 Å². The van der Waals surface area contributed by atoms with Gasteiger partial charge in [-0.15, -0.1) is 0 Å². The lowest BCUT2D eigenvalue weighted by Gasteiger charge is -2.14. The standard InChI is InChI=1S/C18H21N3O3/c1-23-16-7-3-2-6-15(16)21-17-14(5-4-9-19-17)18(22)20-11-13-8-10-24-12-13/h2-7,9,13H,8,10-12H2,1H3,(H,19,21)(H,20,22)/t13-/m0/s1. The Morgan fingerprint density at radius 2 is 2.21 bits per heavy atom. The third-order valence-electron chi connectivity index (χ3n) is 3.99. The van der Waals surface area contributed by atoms with Crippen molar-refractivity contribution in [1.82, 2.24) is 10.3 Å². The topological polar surface area (TPSA) is 72.5 Å². The molecule has 1 aromatic carbocycles. The van der Waals surface area contributed by atoms with E-state index in [0.717, 1.165) is 18.7 Å². The maximum atomic E-state index is 12.5. The minimum Gasteiger partial charge on any atom is -0.495 e. The number of aromatic nitrogens is 1. The van der Waals surface area contributed by atoms with Gasteiger partial charge in [-0.05, 0) is 30.7 Å². The average Bonchev–Trinajstić information content (AvgIpc) is 3.14. The Hall–Kier alpha value is -2.60. The summed E-state index contributed by atoms with van der Waals surface area (Å²) in [4.78, 5) is 16.8. The molecule has 0 bridgehead atoms. The van der Waals surface area contributed by atoms with E-state index in [0.29, 0.717) is 36.2 Å². The molecule has 1 atom stereocenters. The first kappa shape index (κ1) is 16.3. The number of methoxy groups -OCH3 is 1. The minimum absolute atomic E-state index is 0.146. The van der Waals surface area contributed by atoms with Gasteiger partial charge in [0.1, 0.15) is 11.6 Å². The van der Waals surface area contributed by atoms with E-state index in [-0.39, 0.29) is 5.91 Å². The lowest BCUT2D eigenvalue weighted by atomic mass is 10.1. The average molecular weight is 327 g/mol. The summed E-state index contributed by atoms with van der Waals surface area (Å²) in [6.45, 7) is 2.09. The highest BCUT2D eigenvalue weighted by Crippen LogP contribution is 2.27. The number of nitrogens with one attached hydrogen (secondary N) is 2. The smallest absolute Gasteiger partial charge is 0.255 e. The van der Waals surface area contributed by atoms with Gasteiger partial charge in [0.25, 0.3) is 5.91 Å². The summed E-state index contributed by atoms with van der Waals surface area (Å²) < 4.78 is 10.7. The summed E-state index contributed by atoms with van der Waals surface area (Å²) in [5.41, 5.74) is 1.26. The highest BCUT2D eigenvalue weighted by atomic mass is 16.5. The van der Waals surface area contributed by atoms with Crippen LogP contribution in [-0.2, 0) is 4.74 Å². The molecule has 0 spiro atoms. The largest absolute Gasteiger partial charge is 0.495 e. The second-order valence-electron chi connectivity index (χ2n) is 5.66. The number of hydrogen-bond donors (Lipinski definition) is 2. The molecular formula is C18H21N3O3. The quantitative estimate of drug-likeness (QED) is 0.853. The van der Waals surface area contributed by atoms with Gasteiger partial charge in [0.05, 0.1) is 25.0 Å². The highest BCUT2D eigenvalue weighted by Gasteiger charge is 2.18. The molecule has 1 aliphatic heterocycles. The molecule has 126 valence electrons. The lowest BCUT2D eigenvalue weighted by molar-refractivity contribution is 0.0945. The van der Waals surface area contributed by atoms with Gasteiger partial charge < -0.3 is 20.1 Å². The number of benzene rings is 1. The molecule has 1 saturated heterocycles. The van der Waals surface area contributed by atoms with E-state index in [2.05, 4.69) is 15.6 Å². The molecule has 0 saturated carbocycles. The number of para-hydroxylation sites is 2. The van der Waals surface area contributed by atoms with E-state index < -0.39 is 0 Å². The summed E-state index contributed by atoms with van der Waals surface area (Å²) in [5.74, 6) is 1.43. The molecule has 1 aliphatic rings. The fourth-order valence-electron chi connectivity index (χ4n) is 2.64. The van der Waals surface area contributed by atoms with Gasteiger partial charge in [-0.1, -0.05) is 12.1 Å². The Labute approximate surface area is 141 Å². The second-order valence-corrected chi connectivity index (χ2v) is 5.66. The van der Waals surface area contributed by atoms with Crippen LogP contribution in [0.2, 0.25) is 0 Å². The zero-order chi connectivity index (χ0) is 16.8. The molecular weight excluding hydrogens is 306 g/mol. The molecule has 0 radical (unpaired) electrons. The van der Waals surface area contributed by atoms with Crippen LogP contribution in [-0.4, -0.2) is 37.8 Å². The second kappa shape index (κ2) is 7.79. The highest BCUT2D eigenvalue weighted by molar-refractivity contribution is 5.99. The molecule has 0 aliphatic carbocycles. The fourth-order valence-corrected chi connectivity index (χ4v) is 2.64. The number of carbonyl (C=O) groups excluding carboxylic acids is 1. The third kappa shape index (κ3) is 3.83. The molecule has 2 N–H and O–H groups in total. The number of nitrogens with zero attached hydrogens (tertiary/aromatic N) is 1. The van der Waals surface area contributed by atoms with Gasteiger partial charge in [-0.25, -0.2) is 4.98 Å². The fraction of sp³-hybridized carbons (Fsp3) is 0.333. The van der Waals surface area contributed by atoms with Gasteiger partial charge >= 0.3 is 0 Å². The summed E-state index contributed by atoms with van der Waals surface area (Å²) in [5, 5.41) is 6.14. The van der Waals surface area contributed by atoms with Crippen LogP contribution in [0.5, 0.6) is 5.75 Å². The zero-order valence-corrected chi connectivity index (χ0v) is 13.6. The van der Waals surface area contributed by atoms with Gasteiger partial charge in [-0.3, -0.25) is 4.79 Å². The molecule has 24 heavy (non-hydrogen) atoms. The molecule has 1 fully saturated rings. The van der Waals surface area contributed by atoms with E-state index in [9.17, 15) is 4.79 Å². The molecule has 2 heterocycles. The maximum absolute atomic E-state index is 12.5. The SMILES string of the molecule is COc1ccccc1Nc1ncccc1C(=O)NC[C@@H]1CCOC1. The van der Waals surface area contributed by atoms with Crippen LogP contribution < -0.4 is 15.4 Å². The first-order valence-electron chi connectivity index (χ1n) is 7.99. The van der Waals surface area contributed by atoms with Crippen molar-refractivity contribution in [3.63, 3.8) is 0 Å². The van der Waals surface area contributed by atoms with Crippen LogP contribution in [0.15, 0.2) is 42.6 Å². The summed E-state index contributed by atoms with van der Waals surface area (Å²) in [7, 11) is 1.61. The van der Waals surface area contributed by atoms with Crippen LogP contribution in [0.1, 0.15) is 16.8 Å². The lowest BCUT2D eigenvalue weighted by Crippen LogP contribution is -2.30. The number of pyridine rings is 1. The third-order valence-corrected chi connectivity index (χ3v) is 3.99. The maximum Gasteiger partial charge on any atom is 0.255 e. The molecule has 0 unspecified atom stereocenters. The van der Waals surface area contributed by atoms with Crippen molar-refractivity contribution in [2.75, 3.05) is 32.2 Å². The summed E-state index contributed by atoms with van der Waals surface area (Å²) in [6.07, 6.45) is 2.64. The van der Waals surface area contributed by atoms with E-state index in [1.807, 2.05) is 24.3 Å². The van der Waals surface area contributed by atoms with Crippen LogP contribution in [0.25, 0.3) is 0 Å². The predicted octanol–water partition coefficient (Wildman–Crippen LogP) is 2.60.